The molecule has 1 aliphatic heterocycles. The summed E-state index contributed by atoms with van der Waals surface area (Å²) in [7, 11) is 0. The van der Waals surface area contributed by atoms with Crippen molar-refractivity contribution in [2.45, 2.75) is 31.7 Å². The van der Waals surface area contributed by atoms with Crippen molar-refractivity contribution in [2.75, 3.05) is 18.4 Å². The van der Waals surface area contributed by atoms with Crippen LogP contribution < -0.4 is 10.6 Å². The predicted molar refractivity (Wildman–Crippen MR) is 72.3 cm³/mol. The fourth-order valence-corrected chi connectivity index (χ4v) is 3.23. The van der Waals surface area contributed by atoms with Crippen LogP contribution in [0.3, 0.4) is 0 Å². The molecular weight excluding hydrogens is 222 g/mol. The molecular formula is C15H19N3. The molecule has 2 fully saturated rings. The smallest absolute Gasteiger partial charge is 0.0669 e. The molecule has 1 saturated heterocycles. The summed E-state index contributed by atoms with van der Waals surface area (Å²) in [6.45, 7) is 2.39. The van der Waals surface area contributed by atoms with E-state index in [2.05, 4.69) is 28.8 Å². The van der Waals surface area contributed by atoms with Gasteiger partial charge in [0.15, 0.2) is 0 Å². The minimum atomic E-state index is 0.494. The summed E-state index contributed by atoms with van der Waals surface area (Å²) in [5, 5.41) is 15.7. The zero-order valence-electron chi connectivity index (χ0n) is 10.6. The second-order valence-corrected chi connectivity index (χ2v) is 5.72. The predicted octanol–water partition coefficient (Wildman–Crippen LogP) is 2.31. The van der Waals surface area contributed by atoms with Crippen LogP contribution in [0.4, 0.5) is 5.69 Å². The van der Waals surface area contributed by atoms with Gasteiger partial charge in [0.25, 0.3) is 0 Å². The van der Waals surface area contributed by atoms with Crippen molar-refractivity contribution in [3.8, 4) is 6.07 Å². The average molecular weight is 241 g/mol. The summed E-state index contributed by atoms with van der Waals surface area (Å²) in [4.78, 5) is 0. The number of nitrogens with one attached hydrogen (secondary N) is 2. The Kier molecular flexibility index (Phi) is 2.97. The van der Waals surface area contributed by atoms with Crippen molar-refractivity contribution in [2.24, 2.45) is 5.41 Å². The Morgan fingerprint density at radius 3 is 3.00 bits per heavy atom. The Labute approximate surface area is 108 Å². The Balaban J connectivity index is 1.63. The molecule has 1 aromatic rings. The molecule has 1 atom stereocenters. The van der Waals surface area contributed by atoms with Gasteiger partial charge in [0.2, 0.25) is 0 Å². The summed E-state index contributed by atoms with van der Waals surface area (Å²) in [6.07, 6.45) is 4.39. The normalized spacial score (nSPS) is 24.5. The van der Waals surface area contributed by atoms with Crippen LogP contribution in [-0.4, -0.2) is 19.1 Å². The van der Waals surface area contributed by atoms with Crippen molar-refractivity contribution >= 4 is 5.69 Å². The Hall–Kier alpha value is -1.53. The van der Waals surface area contributed by atoms with E-state index < -0.39 is 0 Å². The van der Waals surface area contributed by atoms with Gasteiger partial charge < -0.3 is 10.6 Å². The highest BCUT2D eigenvalue weighted by molar-refractivity contribution is 5.47. The SMILES string of the molecule is N#CCc1cccc(NC2CCC3(CNC3)C2)c1. The van der Waals surface area contributed by atoms with Crippen molar-refractivity contribution < 1.29 is 0 Å². The Bertz CT molecular complexity index is 471. The lowest BCUT2D eigenvalue weighted by molar-refractivity contribution is 0.176. The number of nitriles is 1. The van der Waals surface area contributed by atoms with Gasteiger partial charge in [-0.15, -0.1) is 0 Å². The van der Waals surface area contributed by atoms with E-state index in [9.17, 15) is 0 Å². The van der Waals surface area contributed by atoms with Crippen molar-refractivity contribution in [1.82, 2.24) is 5.32 Å². The molecule has 3 nitrogen and oxygen atoms in total. The zero-order valence-corrected chi connectivity index (χ0v) is 10.6. The largest absolute Gasteiger partial charge is 0.382 e. The van der Waals surface area contributed by atoms with Crippen LogP contribution in [0.2, 0.25) is 0 Å². The second-order valence-electron chi connectivity index (χ2n) is 5.72. The summed E-state index contributed by atoms with van der Waals surface area (Å²) < 4.78 is 0. The van der Waals surface area contributed by atoms with Crippen molar-refractivity contribution in [3.63, 3.8) is 0 Å². The van der Waals surface area contributed by atoms with Crippen LogP contribution in [0.25, 0.3) is 0 Å². The number of nitrogens with zero attached hydrogens (tertiary/aromatic N) is 1. The van der Waals surface area contributed by atoms with E-state index in [1.807, 2.05) is 12.1 Å². The van der Waals surface area contributed by atoms with E-state index in [4.69, 9.17) is 5.26 Å². The first-order valence-electron chi connectivity index (χ1n) is 6.73. The number of benzene rings is 1. The maximum atomic E-state index is 8.73. The van der Waals surface area contributed by atoms with E-state index in [0.29, 0.717) is 17.9 Å². The summed E-state index contributed by atoms with van der Waals surface area (Å²) in [5.41, 5.74) is 2.85. The van der Waals surface area contributed by atoms with Crippen LogP contribution in [0.1, 0.15) is 24.8 Å². The number of hydrogen-bond acceptors (Lipinski definition) is 3. The molecule has 1 aliphatic carbocycles. The van der Waals surface area contributed by atoms with Gasteiger partial charge in [-0.25, -0.2) is 0 Å². The molecule has 2 aliphatic rings. The molecule has 18 heavy (non-hydrogen) atoms. The molecule has 0 amide bonds. The monoisotopic (exact) mass is 241 g/mol. The number of anilines is 1. The third-order valence-corrected chi connectivity index (χ3v) is 4.28. The third kappa shape index (κ3) is 2.21. The maximum absolute atomic E-state index is 8.73. The van der Waals surface area contributed by atoms with Crippen LogP contribution in [0, 0.1) is 16.7 Å². The highest BCUT2D eigenvalue weighted by atomic mass is 15.0. The minimum absolute atomic E-state index is 0.494. The molecule has 1 aromatic carbocycles. The molecule has 1 heterocycles. The van der Waals surface area contributed by atoms with Crippen LogP contribution in [0.15, 0.2) is 24.3 Å². The Morgan fingerprint density at radius 1 is 1.44 bits per heavy atom. The standard InChI is InChI=1S/C15H19N3/c16-7-5-12-2-1-3-13(8-12)18-14-4-6-15(9-14)10-17-11-15/h1-3,8,14,17-18H,4-6,9-11H2. The zero-order chi connectivity index (χ0) is 12.4. The van der Waals surface area contributed by atoms with Gasteiger partial charge in [0.05, 0.1) is 12.5 Å². The van der Waals surface area contributed by atoms with Crippen LogP contribution >= 0.6 is 0 Å². The van der Waals surface area contributed by atoms with Crippen molar-refractivity contribution in [1.29, 1.82) is 5.26 Å². The summed E-state index contributed by atoms with van der Waals surface area (Å²) >= 11 is 0. The average Bonchev–Trinajstić information content (AvgIpc) is 2.74. The molecule has 1 spiro atoms. The van der Waals surface area contributed by atoms with Crippen LogP contribution in [0.5, 0.6) is 0 Å². The highest BCUT2D eigenvalue weighted by Gasteiger charge is 2.43. The van der Waals surface area contributed by atoms with Gasteiger partial charge in [0, 0.05) is 24.8 Å². The fourth-order valence-electron chi connectivity index (χ4n) is 3.23. The van der Waals surface area contributed by atoms with Gasteiger partial charge in [0.1, 0.15) is 0 Å². The maximum Gasteiger partial charge on any atom is 0.0669 e. The topological polar surface area (TPSA) is 47.9 Å². The van der Waals surface area contributed by atoms with E-state index in [0.717, 1.165) is 11.3 Å². The molecule has 1 unspecified atom stereocenters. The first-order valence-corrected chi connectivity index (χ1v) is 6.73. The fraction of sp³-hybridized carbons (Fsp3) is 0.533. The van der Waals surface area contributed by atoms with Gasteiger partial charge in [-0.3, -0.25) is 0 Å². The molecule has 0 radical (unpaired) electrons. The molecule has 0 aromatic heterocycles. The van der Waals surface area contributed by atoms with Gasteiger partial charge in [-0.05, 0) is 42.4 Å². The molecule has 0 bridgehead atoms. The third-order valence-electron chi connectivity index (χ3n) is 4.28. The molecule has 2 N–H and O–H groups in total. The minimum Gasteiger partial charge on any atom is -0.382 e. The van der Waals surface area contributed by atoms with E-state index in [1.165, 1.54) is 32.4 Å². The second kappa shape index (κ2) is 4.62. The molecule has 1 saturated carbocycles. The summed E-state index contributed by atoms with van der Waals surface area (Å²) in [6, 6.07) is 11.1. The first-order chi connectivity index (χ1) is 8.80. The van der Waals surface area contributed by atoms with E-state index in [1.54, 1.807) is 0 Å². The molecule has 3 heteroatoms. The van der Waals surface area contributed by atoms with Gasteiger partial charge in [-0.1, -0.05) is 12.1 Å². The van der Waals surface area contributed by atoms with E-state index in [-0.39, 0.29) is 0 Å². The molecule has 3 rings (SSSR count). The lowest BCUT2D eigenvalue weighted by Gasteiger charge is -2.39. The first kappa shape index (κ1) is 11.6. The Morgan fingerprint density at radius 2 is 2.33 bits per heavy atom. The molecule has 94 valence electrons. The van der Waals surface area contributed by atoms with Crippen molar-refractivity contribution in [3.05, 3.63) is 29.8 Å². The lowest BCUT2D eigenvalue weighted by atomic mass is 9.80. The highest BCUT2D eigenvalue weighted by Crippen LogP contribution is 2.42. The number of rotatable bonds is 3. The number of hydrogen-bond donors (Lipinski definition) is 2. The quantitative estimate of drug-likeness (QED) is 0.853. The van der Waals surface area contributed by atoms with Crippen LogP contribution in [-0.2, 0) is 6.42 Å². The van der Waals surface area contributed by atoms with Gasteiger partial charge in [-0.2, -0.15) is 5.26 Å². The lowest BCUT2D eigenvalue weighted by Crippen LogP contribution is -2.52. The van der Waals surface area contributed by atoms with Gasteiger partial charge >= 0.3 is 0 Å². The summed E-state index contributed by atoms with van der Waals surface area (Å²) in [5.74, 6) is 0. The van der Waals surface area contributed by atoms with E-state index >= 15 is 0 Å².